The van der Waals surface area contributed by atoms with Gasteiger partial charge in [0.25, 0.3) is 16.4 Å². The Kier molecular flexibility index (Phi) is 5.94. The second-order valence-electron chi connectivity index (χ2n) is 8.47. The number of fused-ring (bicyclic) bond motifs is 1. The smallest absolute Gasteiger partial charge is 0.335 e. The van der Waals surface area contributed by atoms with E-state index in [-0.39, 0.29) is 47.1 Å². The molecule has 5 rings (SSSR count). The van der Waals surface area contributed by atoms with Gasteiger partial charge in [-0.05, 0) is 17.7 Å². The van der Waals surface area contributed by atoms with Crippen LogP contribution < -0.4 is 32.8 Å². The fraction of sp³-hybridized carbons (Fsp3) is 0.273. The Bertz CT molecular complexity index is 1620. The molecule has 0 amide bonds. The number of nitrogens with one attached hydrogen (secondary N) is 3. The minimum absolute atomic E-state index is 0.00468. The van der Waals surface area contributed by atoms with E-state index >= 15 is 0 Å². The van der Waals surface area contributed by atoms with Gasteiger partial charge >= 0.3 is 5.97 Å². The van der Waals surface area contributed by atoms with Gasteiger partial charge in [-0.3, -0.25) is 23.9 Å². The third-order valence-corrected chi connectivity index (χ3v) is 6.12. The molecule has 1 aliphatic rings. The Labute approximate surface area is 205 Å². The van der Waals surface area contributed by atoms with Crippen LogP contribution in [0.15, 0.2) is 45.0 Å². The van der Waals surface area contributed by atoms with Crippen LogP contribution in [0.25, 0.3) is 11.2 Å². The third-order valence-electron chi connectivity index (χ3n) is 6.12. The highest BCUT2D eigenvalue weighted by Gasteiger charge is 2.44. The number of anilines is 3. The zero-order valence-electron chi connectivity index (χ0n) is 18.9. The molecule has 0 aliphatic carbocycles. The lowest BCUT2D eigenvalue weighted by Gasteiger charge is -2.19. The lowest BCUT2D eigenvalue weighted by molar-refractivity contribution is -0.0312. The van der Waals surface area contributed by atoms with Gasteiger partial charge in [-0.2, -0.15) is 4.98 Å². The number of hydrogen-bond acceptors (Lipinski definition) is 12. The first-order chi connectivity index (χ1) is 17.7. The number of rotatable bonds is 8. The maximum Gasteiger partial charge on any atom is 0.335 e. The summed E-state index contributed by atoms with van der Waals surface area (Å²) in [7, 11) is 0. The summed E-state index contributed by atoms with van der Waals surface area (Å²) in [6.07, 6.45) is -3.74. The van der Waals surface area contributed by atoms with Crippen molar-refractivity contribution in [1.82, 2.24) is 19.5 Å². The van der Waals surface area contributed by atoms with Crippen LogP contribution in [0.1, 0.15) is 22.1 Å². The first-order valence-corrected chi connectivity index (χ1v) is 11.0. The number of aromatic carboxylic acids is 1. The molecule has 0 bridgehead atoms. The van der Waals surface area contributed by atoms with E-state index in [1.165, 1.54) is 23.0 Å². The van der Waals surface area contributed by atoms with Crippen molar-refractivity contribution in [2.75, 3.05) is 22.9 Å². The number of aromatic nitrogens is 4. The van der Waals surface area contributed by atoms with Crippen molar-refractivity contribution in [2.24, 2.45) is 0 Å². The number of imidazole rings is 1. The summed E-state index contributed by atoms with van der Waals surface area (Å²) in [6.45, 7) is 0.0239. The summed E-state index contributed by atoms with van der Waals surface area (Å²) in [6, 6.07) is 6.00. The largest absolute Gasteiger partial charge is 0.478 e. The summed E-state index contributed by atoms with van der Waals surface area (Å²) in [5.41, 5.74) is 4.39. The first kappa shape index (κ1) is 24.1. The summed E-state index contributed by atoms with van der Waals surface area (Å²) in [5, 5.41) is 35.7. The van der Waals surface area contributed by atoms with Crippen LogP contribution in [0.2, 0.25) is 0 Å². The highest BCUT2D eigenvalue weighted by molar-refractivity contribution is 5.87. The Morgan fingerprint density at radius 1 is 1.08 bits per heavy atom. The van der Waals surface area contributed by atoms with E-state index in [1.807, 2.05) is 0 Å². The van der Waals surface area contributed by atoms with Crippen molar-refractivity contribution in [3.05, 3.63) is 72.5 Å². The molecule has 2 aromatic heterocycles. The molecule has 0 unspecified atom stereocenters. The summed E-state index contributed by atoms with van der Waals surface area (Å²) in [5.74, 6) is -1.23. The van der Waals surface area contributed by atoms with Gasteiger partial charge in [0, 0.05) is 13.1 Å². The Morgan fingerprint density at radius 3 is 2.43 bits per heavy atom. The van der Waals surface area contributed by atoms with Crippen molar-refractivity contribution < 1.29 is 24.9 Å². The van der Waals surface area contributed by atoms with E-state index in [9.17, 15) is 29.4 Å². The molecule has 1 fully saturated rings. The number of nitrogen functional groups attached to an aromatic ring is 1. The second-order valence-corrected chi connectivity index (χ2v) is 8.47. The predicted octanol–water partition coefficient (Wildman–Crippen LogP) is -1.66. The van der Waals surface area contributed by atoms with Crippen molar-refractivity contribution in [2.45, 2.75) is 31.1 Å². The molecule has 4 aromatic rings. The molecule has 3 heterocycles. The fourth-order valence-corrected chi connectivity index (χ4v) is 4.14. The molecule has 1 aliphatic heterocycles. The SMILES string of the molecule is Nc1nc2c(ncn2[C@@H]2O[C@H](CNc3c(NCc4ccc(C(=O)O)cc4)c(=O)c3=O)[C@@H](O)[C@H]2O)c(=O)[nH]1. The number of nitrogens with two attached hydrogens (primary N) is 1. The molecule has 0 spiro atoms. The number of ether oxygens (including phenoxy) is 1. The number of hydrogen-bond donors (Lipinski definition) is 7. The number of carboxylic acids is 1. The van der Waals surface area contributed by atoms with Gasteiger partial charge in [-0.1, -0.05) is 12.1 Å². The molecule has 0 saturated carbocycles. The van der Waals surface area contributed by atoms with E-state index in [0.717, 1.165) is 0 Å². The number of carbonyl (C=O) groups is 1. The number of H-pyrrole nitrogens is 1. The highest BCUT2D eigenvalue weighted by atomic mass is 16.6. The Hall–Kier alpha value is -4.60. The number of benzene rings is 1. The van der Waals surface area contributed by atoms with Crippen LogP contribution in [0.3, 0.4) is 0 Å². The monoisotopic (exact) mass is 511 g/mol. The van der Waals surface area contributed by atoms with Crippen molar-refractivity contribution >= 4 is 34.5 Å². The van der Waals surface area contributed by atoms with Gasteiger partial charge in [-0.25, -0.2) is 9.78 Å². The van der Waals surface area contributed by atoms with Crippen LogP contribution >= 0.6 is 0 Å². The topological polar surface area (TPSA) is 235 Å². The Morgan fingerprint density at radius 2 is 1.76 bits per heavy atom. The summed E-state index contributed by atoms with van der Waals surface area (Å²) >= 11 is 0. The lowest BCUT2D eigenvalue weighted by atomic mass is 10.1. The minimum atomic E-state index is -1.43. The van der Waals surface area contributed by atoms with Crippen LogP contribution in [-0.2, 0) is 11.3 Å². The van der Waals surface area contributed by atoms with Gasteiger partial charge in [0.1, 0.15) is 29.7 Å². The molecule has 4 atom stereocenters. The standard InChI is InChI=1S/C22H21N7O8/c23-22-27-18-13(19(34)28-22)26-7-29(18)20-17(33)14(30)10(37-20)6-25-12-11(15(31)16(12)32)24-5-8-1-3-9(4-2-8)21(35)36/h1-4,7,10,14,17,20,24-25,30,33H,5-6H2,(H,35,36)(H3,23,27,28,34)/t10-,14-,17-,20-/m1/s1. The second kappa shape index (κ2) is 9.12. The average molecular weight is 511 g/mol. The predicted molar refractivity (Wildman–Crippen MR) is 129 cm³/mol. The number of aliphatic hydroxyl groups excluding tert-OH is 2. The zero-order valence-corrected chi connectivity index (χ0v) is 18.9. The molecule has 8 N–H and O–H groups in total. The zero-order chi connectivity index (χ0) is 26.4. The summed E-state index contributed by atoms with van der Waals surface area (Å²) < 4.78 is 7.05. The van der Waals surface area contributed by atoms with Crippen LogP contribution in [0.5, 0.6) is 0 Å². The van der Waals surface area contributed by atoms with Gasteiger partial charge in [0.15, 0.2) is 17.4 Å². The molecular weight excluding hydrogens is 490 g/mol. The maximum atomic E-state index is 12.1. The fourth-order valence-electron chi connectivity index (χ4n) is 4.14. The van der Waals surface area contributed by atoms with E-state index in [0.29, 0.717) is 5.56 Å². The molecule has 15 nitrogen and oxygen atoms in total. The van der Waals surface area contributed by atoms with E-state index in [4.69, 9.17) is 15.6 Å². The molecular formula is C22H21N7O8. The average Bonchev–Trinajstić information content (AvgIpc) is 3.41. The van der Waals surface area contributed by atoms with Crippen LogP contribution in [-0.4, -0.2) is 65.7 Å². The number of nitrogens with zero attached hydrogens (tertiary/aromatic N) is 3. The molecule has 2 aromatic carbocycles. The quantitative estimate of drug-likeness (QED) is 0.131. The molecule has 0 radical (unpaired) electrons. The summed E-state index contributed by atoms with van der Waals surface area (Å²) in [4.78, 5) is 57.5. The lowest BCUT2D eigenvalue weighted by Crippen LogP contribution is -2.41. The molecule has 37 heavy (non-hydrogen) atoms. The highest BCUT2D eigenvalue weighted by Crippen LogP contribution is 2.31. The molecule has 192 valence electrons. The van der Waals surface area contributed by atoms with Crippen molar-refractivity contribution in [3.63, 3.8) is 0 Å². The van der Waals surface area contributed by atoms with Gasteiger partial charge in [0.05, 0.1) is 11.9 Å². The van der Waals surface area contributed by atoms with Crippen molar-refractivity contribution in [1.29, 1.82) is 0 Å². The van der Waals surface area contributed by atoms with Crippen LogP contribution in [0, 0.1) is 0 Å². The van der Waals surface area contributed by atoms with Crippen LogP contribution in [0.4, 0.5) is 17.3 Å². The van der Waals surface area contributed by atoms with E-state index in [2.05, 4.69) is 25.6 Å². The number of aromatic amines is 1. The Balaban J connectivity index is 1.27. The van der Waals surface area contributed by atoms with E-state index < -0.39 is 46.9 Å². The van der Waals surface area contributed by atoms with Gasteiger partial charge < -0.3 is 36.4 Å². The van der Waals surface area contributed by atoms with Gasteiger partial charge in [0.2, 0.25) is 5.95 Å². The minimum Gasteiger partial charge on any atom is -0.478 e. The van der Waals surface area contributed by atoms with Gasteiger partial charge in [-0.15, -0.1) is 0 Å². The first-order valence-electron chi connectivity index (χ1n) is 11.0. The normalized spacial score (nSPS) is 21.5. The van der Waals surface area contributed by atoms with E-state index in [1.54, 1.807) is 12.1 Å². The van der Waals surface area contributed by atoms with Crippen molar-refractivity contribution in [3.8, 4) is 0 Å². The maximum absolute atomic E-state index is 12.1. The number of aliphatic hydroxyl groups is 2. The number of carboxylic acid groups (broad SMARTS) is 1. The third kappa shape index (κ3) is 4.20. The molecule has 1 saturated heterocycles. The molecule has 15 heteroatoms.